The first-order chi connectivity index (χ1) is 9.28. The van der Waals surface area contributed by atoms with Crippen LogP contribution in [0.1, 0.15) is 12.0 Å². The van der Waals surface area contributed by atoms with Crippen molar-refractivity contribution >= 4 is 23.2 Å². The second-order valence-corrected chi connectivity index (χ2v) is 5.11. The van der Waals surface area contributed by atoms with E-state index >= 15 is 0 Å². The van der Waals surface area contributed by atoms with Crippen molar-refractivity contribution in [2.75, 3.05) is 18.4 Å². The number of alkyl halides is 3. The number of carbonyl (C=O) groups excluding carboxylic acids is 1. The molecule has 1 aromatic rings. The Bertz CT molecular complexity index is 507. The van der Waals surface area contributed by atoms with E-state index in [2.05, 4.69) is 15.6 Å². The maximum Gasteiger partial charge on any atom is 0.404 e. The molecule has 0 aliphatic carbocycles. The van der Waals surface area contributed by atoms with E-state index in [-0.39, 0.29) is 23.8 Å². The Morgan fingerprint density at radius 1 is 1.55 bits per heavy atom. The average Bonchev–Trinajstić information content (AvgIpc) is 2.83. The summed E-state index contributed by atoms with van der Waals surface area (Å²) in [5.41, 5.74) is -1.74. The van der Waals surface area contributed by atoms with E-state index in [1.54, 1.807) is 13.0 Å². The highest BCUT2D eigenvalue weighted by molar-refractivity contribution is 6.32. The molecule has 1 aliphatic heterocycles. The summed E-state index contributed by atoms with van der Waals surface area (Å²) in [6.07, 6.45) is -3.49. The first kappa shape index (κ1) is 15.1. The molecule has 4 nitrogen and oxygen atoms in total. The highest BCUT2D eigenvalue weighted by atomic mass is 35.5. The first-order valence-corrected chi connectivity index (χ1v) is 6.36. The van der Waals surface area contributed by atoms with Crippen molar-refractivity contribution in [3.8, 4) is 0 Å². The molecular weight excluding hydrogens is 295 g/mol. The summed E-state index contributed by atoms with van der Waals surface area (Å²) < 4.78 is 39.7. The Hall–Kier alpha value is -1.34. The average molecular weight is 308 g/mol. The maximum absolute atomic E-state index is 13.2. The number of rotatable bonds is 2. The van der Waals surface area contributed by atoms with Crippen molar-refractivity contribution in [1.82, 2.24) is 10.3 Å². The maximum atomic E-state index is 13.2. The summed E-state index contributed by atoms with van der Waals surface area (Å²) in [5, 5.41) is 4.83. The molecule has 0 spiro atoms. The lowest BCUT2D eigenvalue weighted by molar-refractivity contribution is -0.213. The third kappa shape index (κ3) is 2.47. The van der Waals surface area contributed by atoms with Crippen molar-refractivity contribution < 1.29 is 18.0 Å². The van der Waals surface area contributed by atoms with Gasteiger partial charge in [0.15, 0.2) is 10.6 Å². The molecule has 8 heteroatoms. The number of halogens is 4. The van der Waals surface area contributed by atoms with Crippen LogP contribution < -0.4 is 10.6 Å². The lowest BCUT2D eigenvalue weighted by atomic mass is 9.85. The van der Waals surface area contributed by atoms with E-state index in [4.69, 9.17) is 11.6 Å². The lowest BCUT2D eigenvalue weighted by Crippen LogP contribution is -2.49. The predicted octanol–water partition coefficient (Wildman–Crippen LogP) is 2.52. The molecule has 1 aliphatic rings. The zero-order valence-corrected chi connectivity index (χ0v) is 11.4. The van der Waals surface area contributed by atoms with Crippen LogP contribution in [-0.4, -0.2) is 30.2 Å². The Morgan fingerprint density at radius 3 is 2.75 bits per heavy atom. The van der Waals surface area contributed by atoms with Crippen LogP contribution in [0.15, 0.2) is 12.3 Å². The Morgan fingerprint density at radius 2 is 2.25 bits per heavy atom. The van der Waals surface area contributed by atoms with Crippen molar-refractivity contribution in [2.24, 2.45) is 5.41 Å². The molecule has 1 unspecified atom stereocenters. The summed E-state index contributed by atoms with van der Waals surface area (Å²) in [4.78, 5) is 15.9. The molecule has 110 valence electrons. The third-order valence-corrected chi connectivity index (χ3v) is 3.77. The normalized spacial score (nSPS) is 22.9. The number of nitrogens with zero attached hydrogens (tertiary/aromatic N) is 1. The number of hydrogen-bond acceptors (Lipinski definition) is 3. The van der Waals surface area contributed by atoms with Gasteiger partial charge in [-0.25, -0.2) is 4.98 Å². The number of pyridine rings is 1. The van der Waals surface area contributed by atoms with E-state index < -0.39 is 24.0 Å². The van der Waals surface area contributed by atoms with Gasteiger partial charge < -0.3 is 10.6 Å². The van der Waals surface area contributed by atoms with Crippen LogP contribution in [0.25, 0.3) is 0 Å². The molecule has 2 N–H and O–H groups in total. The van der Waals surface area contributed by atoms with Crippen LogP contribution in [0, 0.1) is 12.3 Å². The van der Waals surface area contributed by atoms with Crippen molar-refractivity contribution in [3.63, 3.8) is 0 Å². The van der Waals surface area contributed by atoms with E-state index in [0.717, 1.165) is 0 Å². The van der Waals surface area contributed by atoms with Crippen LogP contribution in [-0.2, 0) is 4.79 Å². The van der Waals surface area contributed by atoms with Gasteiger partial charge in [-0.2, -0.15) is 13.2 Å². The van der Waals surface area contributed by atoms with Gasteiger partial charge in [0.1, 0.15) is 0 Å². The molecule has 0 radical (unpaired) electrons. The molecule has 20 heavy (non-hydrogen) atoms. The molecule has 1 atom stereocenters. The molecule has 1 amide bonds. The molecule has 0 bridgehead atoms. The highest BCUT2D eigenvalue weighted by Crippen LogP contribution is 2.44. The quantitative estimate of drug-likeness (QED) is 0.826. The molecule has 1 aromatic heterocycles. The summed E-state index contributed by atoms with van der Waals surface area (Å²) in [6.45, 7) is 1.35. The van der Waals surface area contributed by atoms with E-state index in [0.29, 0.717) is 5.56 Å². The number of nitrogens with one attached hydrogen (secondary N) is 2. The number of carbonyl (C=O) groups is 1. The number of anilines is 1. The summed E-state index contributed by atoms with van der Waals surface area (Å²) in [6, 6.07) is 1.56. The van der Waals surface area contributed by atoms with Crippen LogP contribution in [0.2, 0.25) is 5.15 Å². The van der Waals surface area contributed by atoms with Gasteiger partial charge in [0, 0.05) is 12.7 Å². The van der Waals surface area contributed by atoms with Crippen LogP contribution in [0.5, 0.6) is 0 Å². The molecular formula is C12H13ClF3N3O. The Labute approximate surface area is 118 Å². The highest BCUT2D eigenvalue weighted by Gasteiger charge is 2.61. The zero-order chi connectivity index (χ0) is 15.0. The minimum Gasteiger partial charge on any atom is -0.322 e. The van der Waals surface area contributed by atoms with Crippen LogP contribution in [0.3, 0.4) is 0 Å². The summed E-state index contributed by atoms with van der Waals surface area (Å²) in [5.74, 6) is -1.10. The number of hydrogen-bond donors (Lipinski definition) is 2. The van der Waals surface area contributed by atoms with Crippen LogP contribution in [0.4, 0.5) is 18.9 Å². The van der Waals surface area contributed by atoms with Gasteiger partial charge in [-0.3, -0.25) is 4.79 Å². The smallest absolute Gasteiger partial charge is 0.322 e. The van der Waals surface area contributed by atoms with Gasteiger partial charge in [-0.05, 0) is 31.5 Å². The molecule has 2 rings (SSSR count). The number of aromatic nitrogens is 1. The fourth-order valence-corrected chi connectivity index (χ4v) is 2.42. The minimum atomic E-state index is -4.62. The van der Waals surface area contributed by atoms with E-state index in [1.807, 2.05) is 0 Å². The van der Waals surface area contributed by atoms with Gasteiger partial charge in [0.05, 0.1) is 5.69 Å². The van der Waals surface area contributed by atoms with Crippen molar-refractivity contribution in [2.45, 2.75) is 19.5 Å². The molecule has 1 fully saturated rings. The standard InChI is InChI=1S/C12H13ClF3N3O/c1-7-2-4-18-9(13)8(7)19-10(20)11(12(14,15)16)3-5-17-6-11/h2,4,17H,3,5-6H2,1H3,(H,19,20). The third-order valence-electron chi connectivity index (χ3n) is 3.48. The van der Waals surface area contributed by atoms with Gasteiger partial charge in [0.25, 0.3) is 0 Å². The van der Waals surface area contributed by atoms with Gasteiger partial charge in [-0.15, -0.1) is 0 Å². The second-order valence-electron chi connectivity index (χ2n) is 4.75. The van der Waals surface area contributed by atoms with Gasteiger partial charge in [0.2, 0.25) is 5.91 Å². The Kier molecular flexibility index (Phi) is 3.93. The molecule has 2 heterocycles. The van der Waals surface area contributed by atoms with Crippen molar-refractivity contribution in [3.05, 3.63) is 23.0 Å². The Balaban J connectivity index is 2.31. The predicted molar refractivity (Wildman–Crippen MR) is 68.6 cm³/mol. The lowest BCUT2D eigenvalue weighted by Gasteiger charge is -2.29. The van der Waals surface area contributed by atoms with Gasteiger partial charge in [-0.1, -0.05) is 11.6 Å². The largest absolute Gasteiger partial charge is 0.404 e. The minimum absolute atomic E-state index is 0.0263. The summed E-state index contributed by atoms with van der Waals surface area (Å²) >= 11 is 5.82. The molecule has 0 aromatic carbocycles. The van der Waals surface area contributed by atoms with E-state index in [1.165, 1.54) is 6.20 Å². The monoisotopic (exact) mass is 307 g/mol. The molecule has 0 saturated carbocycles. The molecule has 1 saturated heterocycles. The SMILES string of the molecule is Cc1ccnc(Cl)c1NC(=O)C1(C(F)(F)F)CCNC1. The number of amides is 1. The fraction of sp³-hybridized carbons (Fsp3) is 0.500. The van der Waals surface area contributed by atoms with Crippen LogP contribution >= 0.6 is 11.6 Å². The van der Waals surface area contributed by atoms with E-state index in [9.17, 15) is 18.0 Å². The topological polar surface area (TPSA) is 54.0 Å². The van der Waals surface area contributed by atoms with Gasteiger partial charge >= 0.3 is 6.18 Å². The second kappa shape index (κ2) is 5.21. The number of aryl methyl sites for hydroxylation is 1. The fourth-order valence-electron chi connectivity index (χ4n) is 2.16. The zero-order valence-electron chi connectivity index (χ0n) is 10.6. The first-order valence-electron chi connectivity index (χ1n) is 5.98. The summed E-state index contributed by atoms with van der Waals surface area (Å²) in [7, 11) is 0. The van der Waals surface area contributed by atoms with Crippen molar-refractivity contribution in [1.29, 1.82) is 0 Å².